The van der Waals surface area contributed by atoms with Crippen molar-refractivity contribution in [3.05, 3.63) is 82.3 Å². The van der Waals surface area contributed by atoms with E-state index in [0.29, 0.717) is 5.56 Å². The summed E-state index contributed by atoms with van der Waals surface area (Å²) >= 11 is 0. The van der Waals surface area contributed by atoms with Crippen LogP contribution in [0.3, 0.4) is 0 Å². The molecule has 0 saturated carbocycles. The molecule has 0 saturated heterocycles. The molecule has 11 heteroatoms. The highest BCUT2D eigenvalue weighted by Crippen LogP contribution is 2.35. The number of hydrogen-bond acceptors (Lipinski definition) is 5. The highest BCUT2D eigenvalue weighted by Gasteiger charge is 2.33. The van der Waals surface area contributed by atoms with Crippen molar-refractivity contribution in [3.8, 4) is 16.9 Å². The van der Waals surface area contributed by atoms with E-state index in [4.69, 9.17) is 4.74 Å². The van der Waals surface area contributed by atoms with Crippen LogP contribution in [-0.4, -0.2) is 28.3 Å². The normalized spacial score (nSPS) is 12.0. The van der Waals surface area contributed by atoms with Gasteiger partial charge in [-0.25, -0.2) is 4.79 Å². The number of rotatable bonds is 7. The molecule has 2 aromatic carbocycles. The summed E-state index contributed by atoms with van der Waals surface area (Å²) in [4.78, 5) is 37.2. The number of carbonyl (C=O) groups excluding carboxylic acids is 2. The molecule has 8 nitrogen and oxygen atoms in total. The number of aromatic nitrogens is 1. The van der Waals surface area contributed by atoms with Crippen LogP contribution in [-0.2, 0) is 22.8 Å². The number of aryl methyl sites for hydroxylation is 1. The summed E-state index contributed by atoms with van der Waals surface area (Å²) in [6.45, 7) is 1.60. The zero-order valence-corrected chi connectivity index (χ0v) is 19.4. The van der Waals surface area contributed by atoms with Crippen molar-refractivity contribution in [2.75, 3.05) is 11.9 Å². The molecular formula is C25H24F3N3O5. The van der Waals surface area contributed by atoms with Crippen LogP contribution >= 0.6 is 0 Å². The Balaban J connectivity index is 2.02. The summed E-state index contributed by atoms with van der Waals surface area (Å²) in [5, 5.41) is 14.6. The first-order chi connectivity index (χ1) is 17.0. The largest absolute Gasteiger partial charge is 0.505 e. The van der Waals surface area contributed by atoms with Crippen LogP contribution in [0.1, 0.15) is 30.5 Å². The highest BCUT2D eigenvalue weighted by molar-refractivity contribution is 5.91. The van der Waals surface area contributed by atoms with Gasteiger partial charge < -0.3 is 25.0 Å². The van der Waals surface area contributed by atoms with E-state index in [1.54, 1.807) is 37.3 Å². The van der Waals surface area contributed by atoms with Gasteiger partial charge >= 0.3 is 18.2 Å². The summed E-state index contributed by atoms with van der Waals surface area (Å²) in [6, 6.07) is 10.5. The third-order valence-electron chi connectivity index (χ3n) is 5.26. The number of ether oxygens (including phenoxy) is 1. The number of anilines is 1. The molecule has 2 amide bonds. The van der Waals surface area contributed by atoms with E-state index in [1.165, 1.54) is 25.4 Å². The van der Waals surface area contributed by atoms with Crippen molar-refractivity contribution in [2.24, 2.45) is 7.05 Å². The van der Waals surface area contributed by atoms with E-state index >= 15 is 0 Å². The standard InChI is InChI=1S/C25H24F3N3O5/c1-3-36-21(33)14-19(29-24(35)30-22-20(32)9-10-31(2)23(22)34)17-11-16(15-7-5-4-6-8-15)12-18(13-17)25(26,27)28/h4-13,19,32H,3,14H2,1-2H3,(H2,29,30,35). The predicted octanol–water partition coefficient (Wildman–Crippen LogP) is 4.59. The Morgan fingerprint density at radius 1 is 1.08 bits per heavy atom. The van der Waals surface area contributed by atoms with Crippen LogP contribution in [0.4, 0.5) is 23.7 Å². The molecule has 0 spiro atoms. The molecule has 0 fully saturated rings. The Morgan fingerprint density at radius 3 is 2.42 bits per heavy atom. The molecule has 3 rings (SSSR count). The van der Waals surface area contributed by atoms with Crippen LogP contribution in [0.15, 0.2) is 65.6 Å². The average molecular weight is 503 g/mol. The molecule has 0 bridgehead atoms. The van der Waals surface area contributed by atoms with Gasteiger partial charge in [0.1, 0.15) is 5.75 Å². The lowest BCUT2D eigenvalue weighted by atomic mass is 9.94. The zero-order chi connectivity index (χ0) is 26.5. The van der Waals surface area contributed by atoms with Crippen LogP contribution in [0.5, 0.6) is 5.75 Å². The topological polar surface area (TPSA) is 110 Å². The van der Waals surface area contributed by atoms with Gasteiger partial charge in [-0.2, -0.15) is 13.2 Å². The predicted molar refractivity (Wildman–Crippen MR) is 126 cm³/mol. The van der Waals surface area contributed by atoms with Crippen molar-refractivity contribution in [2.45, 2.75) is 25.6 Å². The molecule has 0 radical (unpaired) electrons. The van der Waals surface area contributed by atoms with Gasteiger partial charge in [0.2, 0.25) is 0 Å². The molecule has 3 aromatic rings. The lowest BCUT2D eigenvalue weighted by molar-refractivity contribution is -0.143. The van der Waals surface area contributed by atoms with Crippen LogP contribution in [0.2, 0.25) is 0 Å². The van der Waals surface area contributed by atoms with E-state index < -0.39 is 53.2 Å². The Hall–Kier alpha value is -4.28. The summed E-state index contributed by atoms with van der Waals surface area (Å²) in [6.07, 6.45) is -3.88. The fraction of sp³-hybridized carbons (Fsp3) is 0.240. The first kappa shape index (κ1) is 26.3. The number of esters is 1. The number of nitrogens with one attached hydrogen (secondary N) is 2. The van der Waals surface area contributed by atoms with Gasteiger partial charge in [0.05, 0.1) is 24.6 Å². The minimum absolute atomic E-state index is 0.00272. The van der Waals surface area contributed by atoms with E-state index in [-0.39, 0.29) is 17.7 Å². The maximum atomic E-state index is 13.7. The van der Waals surface area contributed by atoms with E-state index in [1.807, 2.05) is 0 Å². The SMILES string of the molecule is CCOC(=O)CC(NC(=O)Nc1c(O)ccn(C)c1=O)c1cc(-c2ccccc2)cc(C(F)(F)F)c1. The summed E-state index contributed by atoms with van der Waals surface area (Å²) in [5.41, 5.74) is -1.38. The van der Waals surface area contributed by atoms with Crippen molar-refractivity contribution >= 4 is 17.7 Å². The molecule has 190 valence electrons. The van der Waals surface area contributed by atoms with Gasteiger partial charge in [-0.3, -0.25) is 9.59 Å². The van der Waals surface area contributed by atoms with Crippen molar-refractivity contribution in [1.29, 1.82) is 0 Å². The Morgan fingerprint density at radius 2 is 1.78 bits per heavy atom. The van der Waals surface area contributed by atoms with Gasteiger partial charge in [-0.1, -0.05) is 30.3 Å². The third-order valence-corrected chi connectivity index (χ3v) is 5.26. The van der Waals surface area contributed by atoms with Crippen molar-refractivity contribution in [1.82, 2.24) is 9.88 Å². The Kier molecular flexibility index (Phi) is 8.03. The lowest BCUT2D eigenvalue weighted by Gasteiger charge is -2.21. The second kappa shape index (κ2) is 11.0. The Labute approximate surface area is 204 Å². The fourth-order valence-corrected chi connectivity index (χ4v) is 3.50. The van der Waals surface area contributed by atoms with Gasteiger partial charge in [0.15, 0.2) is 5.69 Å². The second-order valence-corrected chi connectivity index (χ2v) is 7.86. The summed E-state index contributed by atoms with van der Waals surface area (Å²) < 4.78 is 47.2. The molecular weight excluding hydrogens is 479 g/mol. The molecule has 0 aliphatic rings. The summed E-state index contributed by atoms with van der Waals surface area (Å²) in [5.74, 6) is -1.25. The molecule has 1 unspecified atom stereocenters. The number of aromatic hydroxyl groups is 1. The van der Waals surface area contributed by atoms with E-state index in [0.717, 1.165) is 16.7 Å². The van der Waals surface area contributed by atoms with Gasteiger partial charge in [-0.15, -0.1) is 0 Å². The molecule has 1 heterocycles. The number of urea groups is 1. The number of carbonyl (C=O) groups is 2. The number of alkyl halides is 3. The Bertz CT molecular complexity index is 1310. The number of nitrogens with zero attached hydrogens (tertiary/aromatic N) is 1. The fourth-order valence-electron chi connectivity index (χ4n) is 3.50. The maximum Gasteiger partial charge on any atom is 0.416 e. The van der Waals surface area contributed by atoms with Crippen LogP contribution in [0.25, 0.3) is 11.1 Å². The lowest BCUT2D eigenvalue weighted by Crippen LogP contribution is -2.36. The number of pyridine rings is 1. The van der Waals surface area contributed by atoms with Crippen molar-refractivity contribution < 1.29 is 32.6 Å². The molecule has 3 N–H and O–H groups in total. The quantitative estimate of drug-likeness (QED) is 0.409. The van der Waals surface area contributed by atoms with Crippen molar-refractivity contribution in [3.63, 3.8) is 0 Å². The smallest absolute Gasteiger partial charge is 0.416 e. The van der Waals surface area contributed by atoms with Gasteiger partial charge in [0.25, 0.3) is 5.56 Å². The number of benzene rings is 2. The molecule has 0 aliphatic heterocycles. The minimum Gasteiger partial charge on any atom is -0.505 e. The molecule has 1 atom stereocenters. The first-order valence-electron chi connectivity index (χ1n) is 10.9. The first-order valence-corrected chi connectivity index (χ1v) is 10.9. The molecule has 1 aromatic heterocycles. The minimum atomic E-state index is -4.70. The number of hydrogen-bond donors (Lipinski definition) is 3. The average Bonchev–Trinajstić information content (AvgIpc) is 2.83. The van der Waals surface area contributed by atoms with E-state index in [2.05, 4.69) is 10.6 Å². The monoisotopic (exact) mass is 503 g/mol. The van der Waals surface area contributed by atoms with Crippen LogP contribution in [0, 0.1) is 0 Å². The maximum absolute atomic E-state index is 13.7. The molecule has 36 heavy (non-hydrogen) atoms. The number of amides is 2. The van der Waals surface area contributed by atoms with E-state index in [9.17, 15) is 32.7 Å². The second-order valence-electron chi connectivity index (χ2n) is 7.86. The highest BCUT2D eigenvalue weighted by atomic mass is 19.4. The molecule has 0 aliphatic carbocycles. The zero-order valence-electron chi connectivity index (χ0n) is 19.4. The summed E-state index contributed by atoms with van der Waals surface area (Å²) in [7, 11) is 1.40. The van der Waals surface area contributed by atoms with Gasteiger partial charge in [0, 0.05) is 13.2 Å². The number of halogens is 3. The van der Waals surface area contributed by atoms with Crippen LogP contribution < -0.4 is 16.2 Å². The third kappa shape index (κ3) is 6.44. The van der Waals surface area contributed by atoms with Gasteiger partial charge in [-0.05, 0) is 47.9 Å².